The number of ether oxygens (including phenoxy) is 1. The molecule has 0 aliphatic carbocycles. The van der Waals surface area contributed by atoms with Gasteiger partial charge in [0.1, 0.15) is 5.75 Å². The van der Waals surface area contributed by atoms with Crippen LogP contribution in [0.4, 0.5) is 0 Å². The summed E-state index contributed by atoms with van der Waals surface area (Å²) in [7, 11) is 0. The zero-order chi connectivity index (χ0) is 21.3. The molecule has 0 spiro atoms. The number of piperazine rings is 1. The van der Waals surface area contributed by atoms with E-state index in [0.29, 0.717) is 39.1 Å². The van der Waals surface area contributed by atoms with Gasteiger partial charge >= 0.3 is 0 Å². The first kappa shape index (κ1) is 22.1. The van der Waals surface area contributed by atoms with Gasteiger partial charge in [0.25, 0.3) is 0 Å². The molecule has 6 nitrogen and oxygen atoms in total. The average Bonchev–Trinajstić information content (AvgIpc) is 2.77. The van der Waals surface area contributed by atoms with Gasteiger partial charge in [-0.3, -0.25) is 14.5 Å². The van der Waals surface area contributed by atoms with Crippen molar-refractivity contribution >= 4 is 22.6 Å². The molecule has 2 aromatic carbocycles. The normalized spacial score (nSPS) is 15.7. The number of rotatable bonds is 9. The molecular weight excluding hydrogens is 378 g/mol. The summed E-state index contributed by atoms with van der Waals surface area (Å²) in [6.07, 6.45) is 2.11. The first-order valence-electron chi connectivity index (χ1n) is 11.0. The third-order valence-corrected chi connectivity index (χ3v) is 5.65. The largest absolute Gasteiger partial charge is 0.493 e. The Morgan fingerprint density at radius 3 is 2.57 bits per heavy atom. The van der Waals surface area contributed by atoms with Gasteiger partial charge in [0.15, 0.2) is 0 Å². The molecule has 3 rings (SSSR count). The van der Waals surface area contributed by atoms with E-state index in [0.717, 1.165) is 36.0 Å². The Kier molecular flexibility index (Phi) is 8.08. The highest BCUT2D eigenvalue weighted by atomic mass is 16.5. The lowest BCUT2D eigenvalue weighted by Crippen LogP contribution is -2.51. The number of nitrogens with zero attached hydrogens (tertiary/aromatic N) is 2. The third-order valence-electron chi connectivity index (χ3n) is 5.65. The Morgan fingerprint density at radius 1 is 1.07 bits per heavy atom. The minimum absolute atomic E-state index is 0.0645. The predicted octanol–water partition coefficient (Wildman–Crippen LogP) is 3.06. The van der Waals surface area contributed by atoms with Crippen molar-refractivity contribution in [2.75, 3.05) is 39.3 Å². The van der Waals surface area contributed by atoms with E-state index in [1.807, 2.05) is 36.1 Å². The number of hydrogen-bond donors (Lipinski definition) is 1. The molecule has 1 N–H and O–H groups in total. The average molecular weight is 412 g/mol. The molecule has 1 aliphatic rings. The lowest BCUT2D eigenvalue weighted by atomic mass is 10.1. The summed E-state index contributed by atoms with van der Waals surface area (Å²) in [5, 5.41) is 5.25. The zero-order valence-corrected chi connectivity index (χ0v) is 18.1. The second-order valence-electron chi connectivity index (χ2n) is 7.96. The highest BCUT2D eigenvalue weighted by Gasteiger charge is 2.22. The summed E-state index contributed by atoms with van der Waals surface area (Å²) in [5.41, 5.74) is 0. The summed E-state index contributed by atoms with van der Waals surface area (Å²) < 4.78 is 5.94. The Balaban J connectivity index is 1.35. The Labute approximate surface area is 179 Å². The van der Waals surface area contributed by atoms with Crippen molar-refractivity contribution in [1.29, 1.82) is 0 Å². The van der Waals surface area contributed by atoms with Crippen LogP contribution in [0.2, 0.25) is 0 Å². The Bertz CT molecular complexity index is 841. The predicted molar refractivity (Wildman–Crippen MR) is 120 cm³/mol. The molecule has 0 aromatic heterocycles. The maximum atomic E-state index is 12.5. The van der Waals surface area contributed by atoms with Crippen LogP contribution >= 0.6 is 0 Å². The lowest BCUT2D eigenvalue weighted by molar-refractivity contribution is -0.133. The molecule has 0 saturated carbocycles. The molecule has 2 aromatic rings. The smallest absolute Gasteiger partial charge is 0.234 e. The third kappa shape index (κ3) is 6.20. The van der Waals surface area contributed by atoms with Crippen LogP contribution < -0.4 is 10.1 Å². The van der Waals surface area contributed by atoms with Crippen molar-refractivity contribution in [3.8, 4) is 5.75 Å². The first-order chi connectivity index (χ1) is 14.6. The van der Waals surface area contributed by atoms with Crippen molar-refractivity contribution in [3.05, 3.63) is 42.5 Å². The number of hydrogen-bond acceptors (Lipinski definition) is 4. The Hall–Kier alpha value is -2.60. The summed E-state index contributed by atoms with van der Waals surface area (Å²) in [6.45, 7) is 7.85. The topological polar surface area (TPSA) is 61.9 Å². The van der Waals surface area contributed by atoms with Crippen LogP contribution in [0.15, 0.2) is 42.5 Å². The molecule has 1 atom stereocenters. The molecule has 1 saturated heterocycles. The van der Waals surface area contributed by atoms with Gasteiger partial charge in [0.2, 0.25) is 11.8 Å². The molecule has 2 amide bonds. The molecule has 0 radical (unpaired) electrons. The SMILES string of the molecule is CCC(C)NC(=O)CN1CCN(C(=O)CCCOc2cccc3ccccc23)CC1. The number of carbonyl (C=O) groups excluding carboxylic acids is 2. The summed E-state index contributed by atoms with van der Waals surface area (Å²) >= 11 is 0. The van der Waals surface area contributed by atoms with E-state index >= 15 is 0 Å². The van der Waals surface area contributed by atoms with Crippen LogP contribution in [0.25, 0.3) is 10.8 Å². The number of nitrogens with one attached hydrogen (secondary N) is 1. The number of fused-ring (bicyclic) bond motifs is 1. The maximum absolute atomic E-state index is 12.5. The molecule has 6 heteroatoms. The van der Waals surface area contributed by atoms with E-state index in [4.69, 9.17) is 4.74 Å². The molecule has 1 fully saturated rings. The molecule has 1 heterocycles. The van der Waals surface area contributed by atoms with Gasteiger partial charge in [-0.05, 0) is 31.2 Å². The van der Waals surface area contributed by atoms with Gasteiger partial charge in [-0.2, -0.15) is 0 Å². The molecule has 0 bridgehead atoms. The van der Waals surface area contributed by atoms with Crippen LogP contribution in [0.1, 0.15) is 33.1 Å². The van der Waals surface area contributed by atoms with Gasteiger partial charge in [-0.1, -0.05) is 43.3 Å². The van der Waals surface area contributed by atoms with E-state index in [9.17, 15) is 9.59 Å². The highest BCUT2D eigenvalue weighted by molar-refractivity contribution is 5.88. The Morgan fingerprint density at radius 2 is 1.80 bits per heavy atom. The molecule has 1 aliphatic heterocycles. The van der Waals surface area contributed by atoms with Gasteiger partial charge in [-0.15, -0.1) is 0 Å². The van der Waals surface area contributed by atoms with Crippen molar-refractivity contribution < 1.29 is 14.3 Å². The van der Waals surface area contributed by atoms with Gasteiger partial charge in [0, 0.05) is 44.0 Å². The van der Waals surface area contributed by atoms with Crippen LogP contribution in [0.5, 0.6) is 5.75 Å². The van der Waals surface area contributed by atoms with E-state index < -0.39 is 0 Å². The lowest BCUT2D eigenvalue weighted by Gasteiger charge is -2.34. The van der Waals surface area contributed by atoms with Crippen LogP contribution in [-0.4, -0.2) is 67.0 Å². The standard InChI is InChI=1S/C24H33N3O3/c1-3-19(2)25-23(28)18-26-13-15-27(16-14-26)24(29)12-7-17-30-22-11-6-9-20-8-4-5-10-21(20)22/h4-6,8-11,19H,3,7,12-18H2,1-2H3,(H,25,28). The monoisotopic (exact) mass is 411 g/mol. The zero-order valence-electron chi connectivity index (χ0n) is 18.1. The summed E-state index contributed by atoms with van der Waals surface area (Å²) in [5.74, 6) is 1.10. The second-order valence-corrected chi connectivity index (χ2v) is 7.96. The minimum Gasteiger partial charge on any atom is -0.493 e. The maximum Gasteiger partial charge on any atom is 0.234 e. The van der Waals surface area contributed by atoms with E-state index in [2.05, 4.69) is 35.3 Å². The molecule has 162 valence electrons. The fourth-order valence-corrected chi connectivity index (χ4v) is 3.67. The second kappa shape index (κ2) is 11.0. The van der Waals surface area contributed by atoms with Crippen LogP contribution in [0.3, 0.4) is 0 Å². The van der Waals surface area contributed by atoms with Crippen molar-refractivity contribution in [1.82, 2.24) is 15.1 Å². The van der Waals surface area contributed by atoms with Crippen LogP contribution in [0, 0.1) is 0 Å². The van der Waals surface area contributed by atoms with E-state index in [-0.39, 0.29) is 17.9 Å². The quantitative estimate of drug-likeness (QED) is 0.644. The van der Waals surface area contributed by atoms with Gasteiger partial charge in [0.05, 0.1) is 13.2 Å². The van der Waals surface area contributed by atoms with Crippen molar-refractivity contribution in [2.45, 2.75) is 39.2 Å². The number of amides is 2. The van der Waals surface area contributed by atoms with Gasteiger partial charge in [-0.25, -0.2) is 0 Å². The molecule has 1 unspecified atom stereocenters. The van der Waals surface area contributed by atoms with Crippen LogP contribution in [-0.2, 0) is 9.59 Å². The van der Waals surface area contributed by atoms with E-state index in [1.54, 1.807) is 0 Å². The fourth-order valence-electron chi connectivity index (χ4n) is 3.67. The first-order valence-corrected chi connectivity index (χ1v) is 11.0. The van der Waals surface area contributed by atoms with Crippen molar-refractivity contribution in [3.63, 3.8) is 0 Å². The number of benzene rings is 2. The summed E-state index contributed by atoms with van der Waals surface area (Å²) in [6, 6.07) is 14.4. The fraction of sp³-hybridized carbons (Fsp3) is 0.500. The highest BCUT2D eigenvalue weighted by Crippen LogP contribution is 2.25. The number of carbonyl (C=O) groups is 2. The minimum atomic E-state index is 0.0645. The van der Waals surface area contributed by atoms with Gasteiger partial charge < -0.3 is 15.0 Å². The van der Waals surface area contributed by atoms with E-state index in [1.165, 1.54) is 0 Å². The van der Waals surface area contributed by atoms with Crippen molar-refractivity contribution in [2.24, 2.45) is 0 Å². The summed E-state index contributed by atoms with van der Waals surface area (Å²) in [4.78, 5) is 28.5. The molecule has 30 heavy (non-hydrogen) atoms. The molecular formula is C24H33N3O3.